The standard InChI is InChI=1S/C19H26N2/c1-14-5-8-17(9-6-14)13-21(4)19(12-20)18-10-7-15(2)16(3)11-18/h5-11,19H,12-13,20H2,1-4H3. The first-order valence-corrected chi connectivity index (χ1v) is 7.54. The Morgan fingerprint density at radius 3 is 2.19 bits per heavy atom. The van der Waals surface area contributed by atoms with Gasteiger partial charge in [-0.1, -0.05) is 48.0 Å². The number of hydrogen-bond donors (Lipinski definition) is 1. The van der Waals surface area contributed by atoms with Crippen molar-refractivity contribution in [3.8, 4) is 0 Å². The Hall–Kier alpha value is -1.64. The minimum absolute atomic E-state index is 0.255. The summed E-state index contributed by atoms with van der Waals surface area (Å²) in [5.41, 5.74) is 12.6. The molecule has 0 saturated heterocycles. The van der Waals surface area contributed by atoms with Crippen LogP contribution in [0.5, 0.6) is 0 Å². The third-order valence-electron chi connectivity index (χ3n) is 4.22. The molecule has 2 heteroatoms. The lowest BCUT2D eigenvalue weighted by molar-refractivity contribution is 0.241. The van der Waals surface area contributed by atoms with Gasteiger partial charge in [0.15, 0.2) is 0 Å². The van der Waals surface area contributed by atoms with Crippen LogP contribution < -0.4 is 5.73 Å². The highest BCUT2D eigenvalue weighted by Gasteiger charge is 2.16. The number of nitrogens with two attached hydrogens (primary N) is 1. The van der Waals surface area contributed by atoms with Crippen molar-refractivity contribution in [2.45, 2.75) is 33.4 Å². The van der Waals surface area contributed by atoms with Gasteiger partial charge in [0, 0.05) is 19.1 Å². The summed E-state index contributed by atoms with van der Waals surface area (Å²) in [6.07, 6.45) is 0. The molecule has 1 atom stereocenters. The van der Waals surface area contributed by atoms with Crippen molar-refractivity contribution in [2.24, 2.45) is 5.73 Å². The molecule has 0 aliphatic rings. The first kappa shape index (κ1) is 15.7. The summed E-state index contributed by atoms with van der Waals surface area (Å²) in [6.45, 7) is 7.96. The molecule has 2 aromatic carbocycles. The van der Waals surface area contributed by atoms with Crippen LogP contribution in [0, 0.1) is 20.8 Å². The molecule has 0 aliphatic carbocycles. The molecule has 2 rings (SSSR count). The van der Waals surface area contributed by atoms with Gasteiger partial charge in [-0.25, -0.2) is 0 Å². The van der Waals surface area contributed by atoms with E-state index in [-0.39, 0.29) is 6.04 Å². The van der Waals surface area contributed by atoms with Gasteiger partial charge in [-0.15, -0.1) is 0 Å². The molecule has 0 spiro atoms. The summed E-state index contributed by atoms with van der Waals surface area (Å²) in [7, 11) is 2.15. The minimum atomic E-state index is 0.255. The second-order valence-corrected chi connectivity index (χ2v) is 6.00. The van der Waals surface area contributed by atoms with Gasteiger partial charge in [0.05, 0.1) is 0 Å². The van der Waals surface area contributed by atoms with Crippen molar-refractivity contribution < 1.29 is 0 Å². The number of likely N-dealkylation sites (N-methyl/N-ethyl adjacent to an activating group) is 1. The molecule has 112 valence electrons. The summed E-state index contributed by atoms with van der Waals surface area (Å²) in [4.78, 5) is 2.33. The zero-order valence-corrected chi connectivity index (χ0v) is 13.6. The van der Waals surface area contributed by atoms with E-state index < -0.39 is 0 Å². The summed E-state index contributed by atoms with van der Waals surface area (Å²) in [6, 6.07) is 15.6. The fourth-order valence-electron chi connectivity index (χ4n) is 2.63. The first-order chi connectivity index (χ1) is 10.0. The van der Waals surface area contributed by atoms with E-state index in [0.29, 0.717) is 6.54 Å². The van der Waals surface area contributed by atoms with E-state index in [9.17, 15) is 0 Å². The van der Waals surface area contributed by atoms with Crippen molar-refractivity contribution in [2.75, 3.05) is 13.6 Å². The lowest BCUT2D eigenvalue weighted by Crippen LogP contribution is -2.30. The van der Waals surface area contributed by atoms with Crippen LogP contribution in [0.15, 0.2) is 42.5 Å². The largest absolute Gasteiger partial charge is 0.329 e. The van der Waals surface area contributed by atoms with Gasteiger partial charge in [-0.2, -0.15) is 0 Å². The molecule has 2 N–H and O–H groups in total. The van der Waals surface area contributed by atoms with Crippen LogP contribution in [0.1, 0.15) is 33.9 Å². The summed E-state index contributed by atoms with van der Waals surface area (Å²) >= 11 is 0. The lowest BCUT2D eigenvalue weighted by atomic mass is 10.00. The Balaban J connectivity index is 2.15. The van der Waals surface area contributed by atoms with Crippen LogP contribution in [0.2, 0.25) is 0 Å². The third-order valence-corrected chi connectivity index (χ3v) is 4.22. The smallest absolute Gasteiger partial charge is 0.0471 e. The highest BCUT2D eigenvalue weighted by atomic mass is 15.1. The second kappa shape index (κ2) is 6.88. The van der Waals surface area contributed by atoms with Crippen LogP contribution in [-0.4, -0.2) is 18.5 Å². The number of hydrogen-bond acceptors (Lipinski definition) is 2. The van der Waals surface area contributed by atoms with E-state index in [1.165, 1.54) is 27.8 Å². The monoisotopic (exact) mass is 282 g/mol. The molecule has 0 radical (unpaired) electrons. The Bertz CT molecular complexity index is 587. The average Bonchev–Trinajstić information content (AvgIpc) is 2.46. The Morgan fingerprint density at radius 1 is 0.952 bits per heavy atom. The molecule has 2 aromatic rings. The van der Waals surface area contributed by atoms with Gasteiger partial charge < -0.3 is 5.73 Å². The number of benzene rings is 2. The lowest BCUT2D eigenvalue weighted by Gasteiger charge is -2.28. The fraction of sp³-hybridized carbons (Fsp3) is 0.368. The van der Waals surface area contributed by atoms with Gasteiger partial charge in [0.2, 0.25) is 0 Å². The Kier molecular flexibility index (Phi) is 5.16. The topological polar surface area (TPSA) is 29.3 Å². The molecule has 0 heterocycles. The van der Waals surface area contributed by atoms with Crippen LogP contribution in [0.3, 0.4) is 0 Å². The average molecular weight is 282 g/mol. The SMILES string of the molecule is Cc1ccc(CN(C)C(CN)c2ccc(C)c(C)c2)cc1. The maximum absolute atomic E-state index is 6.03. The van der Waals surface area contributed by atoms with Crippen LogP contribution in [0.4, 0.5) is 0 Å². The molecule has 2 nitrogen and oxygen atoms in total. The number of rotatable bonds is 5. The normalized spacial score (nSPS) is 12.7. The van der Waals surface area contributed by atoms with Gasteiger partial charge >= 0.3 is 0 Å². The number of nitrogens with zero attached hydrogens (tertiary/aromatic N) is 1. The molecule has 1 unspecified atom stereocenters. The first-order valence-electron chi connectivity index (χ1n) is 7.54. The highest BCUT2D eigenvalue weighted by Crippen LogP contribution is 2.22. The van der Waals surface area contributed by atoms with Crippen molar-refractivity contribution in [3.63, 3.8) is 0 Å². The van der Waals surface area contributed by atoms with Crippen LogP contribution in [-0.2, 0) is 6.54 Å². The minimum Gasteiger partial charge on any atom is -0.329 e. The quantitative estimate of drug-likeness (QED) is 0.905. The Morgan fingerprint density at radius 2 is 1.62 bits per heavy atom. The highest BCUT2D eigenvalue weighted by molar-refractivity contribution is 5.32. The zero-order valence-electron chi connectivity index (χ0n) is 13.6. The predicted molar refractivity (Wildman–Crippen MR) is 90.4 cm³/mol. The maximum atomic E-state index is 6.03. The molecular weight excluding hydrogens is 256 g/mol. The Labute approximate surface area is 128 Å². The zero-order chi connectivity index (χ0) is 15.4. The van der Waals surface area contributed by atoms with Crippen molar-refractivity contribution in [3.05, 3.63) is 70.3 Å². The van der Waals surface area contributed by atoms with E-state index in [0.717, 1.165) is 6.54 Å². The summed E-state index contributed by atoms with van der Waals surface area (Å²) < 4.78 is 0. The van der Waals surface area contributed by atoms with E-state index >= 15 is 0 Å². The molecule has 0 bridgehead atoms. The summed E-state index contributed by atoms with van der Waals surface area (Å²) in [5, 5.41) is 0. The summed E-state index contributed by atoms with van der Waals surface area (Å²) in [5.74, 6) is 0. The molecular formula is C19H26N2. The second-order valence-electron chi connectivity index (χ2n) is 6.00. The number of aryl methyl sites for hydroxylation is 3. The fourth-order valence-corrected chi connectivity index (χ4v) is 2.63. The predicted octanol–water partition coefficient (Wildman–Crippen LogP) is 3.74. The van der Waals surface area contributed by atoms with Crippen molar-refractivity contribution >= 4 is 0 Å². The maximum Gasteiger partial charge on any atom is 0.0471 e. The van der Waals surface area contributed by atoms with Gasteiger partial charge in [0.1, 0.15) is 0 Å². The molecule has 21 heavy (non-hydrogen) atoms. The van der Waals surface area contributed by atoms with Gasteiger partial charge in [-0.05, 0) is 50.1 Å². The molecule has 0 fully saturated rings. The van der Waals surface area contributed by atoms with Crippen molar-refractivity contribution in [1.29, 1.82) is 0 Å². The van der Waals surface area contributed by atoms with E-state index in [4.69, 9.17) is 5.73 Å². The third kappa shape index (κ3) is 3.93. The van der Waals surface area contributed by atoms with Crippen LogP contribution in [0.25, 0.3) is 0 Å². The van der Waals surface area contributed by atoms with Gasteiger partial charge in [0.25, 0.3) is 0 Å². The van der Waals surface area contributed by atoms with E-state index in [1.807, 2.05) is 0 Å². The van der Waals surface area contributed by atoms with Gasteiger partial charge in [-0.3, -0.25) is 4.90 Å². The van der Waals surface area contributed by atoms with E-state index in [1.54, 1.807) is 0 Å². The molecule has 0 saturated carbocycles. The van der Waals surface area contributed by atoms with E-state index in [2.05, 4.69) is 75.2 Å². The van der Waals surface area contributed by atoms with Crippen molar-refractivity contribution in [1.82, 2.24) is 4.90 Å². The molecule has 0 amide bonds. The van der Waals surface area contributed by atoms with Crippen LogP contribution >= 0.6 is 0 Å². The molecule has 0 aliphatic heterocycles. The molecule has 0 aromatic heterocycles.